The van der Waals surface area contributed by atoms with Crippen LogP contribution >= 0.6 is 0 Å². The third-order valence-corrected chi connectivity index (χ3v) is 9.57. The fourth-order valence-corrected chi connectivity index (χ4v) is 7.34. The van der Waals surface area contributed by atoms with Crippen LogP contribution in [-0.2, 0) is 0 Å². The van der Waals surface area contributed by atoms with Crippen molar-refractivity contribution in [3.63, 3.8) is 0 Å². The Morgan fingerprint density at radius 2 is 0.720 bits per heavy atom. The van der Waals surface area contributed by atoms with Gasteiger partial charge in [-0.15, -0.1) is 0 Å². The van der Waals surface area contributed by atoms with E-state index in [1.807, 2.05) is 0 Å². The van der Waals surface area contributed by atoms with Crippen LogP contribution in [0, 0.1) is 0 Å². The summed E-state index contributed by atoms with van der Waals surface area (Å²) >= 11 is 0. The highest BCUT2D eigenvalue weighted by Gasteiger charge is 2.25. The van der Waals surface area contributed by atoms with Gasteiger partial charge in [-0.25, -0.2) is 0 Å². The van der Waals surface area contributed by atoms with Crippen molar-refractivity contribution in [3.8, 4) is 11.1 Å². The number of anilines is 6. The lowest BCUT2D eigenvalue weighted by atomic mass is 9.90. The molecule has 0 bridgehead atoms. The first-order valence-electron chi connectivity index (χ1n) is 17.1. The maximum Gasteiger partial charge on any atom is 0.0561 e. The normalized spacial score (nSPS) is 11.2. The maximum absolute atomic E-state index is 2.42. The molecule has 0 spiro atoms. The quantitative estimate of drug-likeness (QED) is 0.160. The molecule has 9 aromatic rings. The molecule has 0 saturated heterocycles. The van der Waals surface area contributed by atoms with Gasteiger partial charge in [0.25, 0.3) is 0 Å². The second kappa shape index (κ2) is 12.8. The van der Waals surface area contributed by atoms with Gasteiger partial charge in [-0.1, -0.05) is 140 Å². The number of fused-ring (bicyclic) bond motifs is 4. The molecule has 0 fully saturated rings. The Kier molecular flexibility index (Phi) is 7.53. The van der Waals surface area contributed by atoms with E-state index in [0.29, 0.717) is 0 Å². The van der Waals surface area contributed by atoms with Crippen LogP contribution in [0.25, 0.3) is 43.4 Å². The third kappa shape index (κ3) is 5.24. The Labute approximate surface area is 292 Å². The molecule has 0 amide bonds. The molecule has 9 aromatic carbocycles. The van der Waals surface area contributed by atoms with Gasteiger partial charge in [-0.2, -0.15) is 0 Å². The zero-order valence-electron chi connectivity index (χ0n) is 27.5. The van der Waals surface area contributed by atoms with Gasteiger partial charge in [-0.3, -0.25) is 0 Å². The van der Waals surface area contributed by atoms with Crippen molar-refractivity contribution < 1.29 is 0 Å². The number of rotatable bonds is 7. The van der Waals surface area contributed by atoms with Crippen LogP contribution in [0.4, 0.5) is 34.1 Å². The van der Waals surface area contributed by atoms with Crippen LogP contribution in [0.3, 0.4) is 0 Å². The summed E-state index contributed by atoms with van der Waals surface area (Å²) in [5.74, 6) is 0. The zero-order chi connectivity index (χ0) is 33.3. The molecule has 0 aromatic heterocycles. The predicted octanol–water partition coefficient (Wildman–Crippen LogP) is 13.8. The third-order valence-electron chi connectivity index (χ3n) is 9.57. The first-order valence-corrected chi connectivity index (χ1v) is 17.1. The summed E-state index contributed by atoms with van der Waals surface area (Å²) < 4.78 is 0. The van der Waals surface area contributed by atoms with Gasteiger partial charge in [0, 0.05) is 28.3 Å². The van der Waals surface area contributed by atoms with E-state index in [0.717, 1.165) is 39.7 Å². The van der Waals surface area contributed by atoms with Crippen molar-refractivity contribution in [1.29, 1.82) is 0 Å². The van der Waals surface area contributed by atoms with E-state index in [1.54, 1.807) is 0 Å². The van der Waals surface area contributed by atoms with Gasteiger partial charge in [0.2, 0.25) is 0 Å². The Bertz CT molecular complexity index is 2560. The standard InChI is InChI=1S/C48H34N2/c1-4-20-38(21-5-1)49(39-22-6-2-7-23-39)46-29-16-30-47(48(46)45-34-37-19-12-13-26-42(37)43-27-14-15-28-44(43)45)50(40-24-8-3-9-25-40)41-32-31-35-17-10-11-18-36(35)33-41/h1-34H. The molecule has 236 valence electrons. The summed E-state index contributed by atoms with van der Waals surface area (Å²) in [5.41, 5.74) is 8.92. The highest BCUT2D eigenvalue weighted by molar-refractivity contribution is 6.17. The molecular weight excluding hydrogens is 605 g/mol. The van der Waals surface area contributed by atoms with Crippen molar-refractivity contribution >= 4 is 66.4 Å². The first kappa shape index (κ1) is 29.5. The zero-order valence-corrected chi connectivity index (χ0v) is 27.5. The van der Waals surface area contributed by atoms with Crippen molar-refractivity contribution in [2.45, 2.75) is 0 Å². The average Bonchev–Trinajstić information content (AvgIpc) is 3.19. The molecule has 0 radical (unpaired) electrons. The fraction of sp³-hybridized carbons (Fsp3) is 0. The molecule has 2 nitrogen and oxygen atoms in total. The molecule has 0 N–H and O–H groups in total. The van der Waals surface area contributed by atoms with E-state index >= 15 is 0 Å². The van der Waals surface area contributed by atoms with Gasteiger partial charge in [0.15, 0.2) is 0 Å². The molecule has 0 aliphatic rings. The molecule has 0 aliphatic heterocycles. The Morgan fingerprint density at radius 3 is 1.32 bits per heavy atom. The molecule has 2 heteroatoms. The molecule has 0 aliphatic carbocycles. The first-order chi connectivity index (χ1) is 24.8. The second-order valence-corrected chi connectivity index (χ2v) is 12.6. The van der Waals surface area contributed by atoms with Crippen molar-refractivity contribution in [3.05, 3.63) is 206 Å². The molecule has 0 unspecified atom stereocenters. The number of hydrogen-bond acceptors (Lipinski definition) is 2. The summed E-state index contributed by atoms with van der Waals surface area (Å²) in [6.07, 6.45) is 0. The molecule has 0 atom stereocenters. The van der Waals surface area contributed by atoms with Crippen molar-refractivity contribution in [1.82, 2.24) is 0 Å². The van der Waals surface area contributed by atoms with Crippen LogP contribution in [0.5, 0.6) is 0 Å². The molecule has 0 heterocycles. The Hall–Kier alpha value is -6.64. The van der Waals surface area contributed by atoms with Gasteiger partial charge in [0.1, 0.15) is 0 Å². The van der Waals surface area contributed by atoms with Crippen LogP contribution in [0.1, 0.15) is 0 Å². The minimum Gasteiger partial charge on any atom is -0.310 e. The number of nitrogens with zero attached hydrogens (tertiary/aromatic N) is 2. The summed E-state index contributed by atoms with van der Waals surface area (Å²) in [5, 5.41) is 7.35. The van der Waals surface area contributed by atoms with Crippen LogP contribution < -0.4 is 9.80 Å². The van der Waals surface area contributed by atoms with Gasteiger partial charge in [-0.05, 0) is 105 Å². The topological polar surface area (TPSA) is 6.48 Å². The van der Waals surface area contributed by atoms with E-state index in [2.05, 4.69) is 216 Å². The van der Waals surface area contributed by atoms with E-state index in [1.165, 1.54) is 37.9 Å². The summed E-state index contributed by atoms with van der Waals surface area (Å²) in [7, 11) is 0. The lowest BCUT2D eigenvalue weighted by molar-refractivity contribution is 1.25. The second-order valence-electron chi connectivity index (χ2n) is 12.6. The largest absolute Gasteiger partial charge is 0.310 e. The maximum atomic E-state index is 2.42. The Morgan fingerprint density at radius 1 is 0.260 bits per heavy atom. The molecule has 0 saturated carbocycles. The smallest absolute Gasteiger partial charge is 0.0561 e. The monoisotopic (exact) mass is 638 g/mol. The SMILES string of the molecule is c1ccc(N(c2ccccc2)c2cccc(N(c3ccccc3)c3ccc4ccccc4c3)c2-c2cc3ccccc3c3ccccc23)cc1. The lowest BCUT2D eigenvalue weighted by Gasteiger charge is -2.33. The molecule has 50 heavy (non-hydrogen) atoms. The average molecular weight is 639 g/mol. The molecular formula is C48H34N2. The predicted molar refractivity (Wildman–Crippen MR) is 214 cm³/mol. The van der Waals surface area contributed by atoms with E-state index in [9.17, 15) is 0 Å². The van der Waals surface area contributed by atoms with E-state index in [4.69, 9.17) is 0 Å². The van der Waals surface area contributed by atoms with Crippen LogP contribution in [-0.4, -0.2) is 0 Å². The van der Waals surface area contributed by atoms with Gasteiger partial charge < -0.3 is 9.80 Å². The minimum absolute atomic E-state index is 1.09. The summed E-state index contributed by atoms with van der Waals surface area (Å²) in [4.78, 5) is 4.82. The van der Waals surface area contributed by atoms with Crippen LogP contribution in [0.15, 0.2) is 206 Å². The summed E-state index contributed by atoms with van der Waals surface area (Å²) in [6.45, 7) is 0. The van der Waals surface area contributed by atoms with Gasteiger partial charge >= 0.3 is 0 Å². The highest BCUT2D eigenvalue weighted by Crippen LogP contribution is 2.51. The molecule has 9 rings (SSSR count). The minimum atomic E-state index is 1.09. The van der Waals surface area contributed by atoms with E-state index in [-0.39, 0.29) is 0 Å². The number of para-hydroxylation sites is 3. The van der Waals surface area contributed by atoms with Crippen molar-refractivity contribution in [2.75, 3.05) is 9.80 Å². The highest BCUT2D eigenvalue weighted by atomic mass is 15.2. The Balaban J connectivity index is 1.43. The van der Waals surface area contributed by atoms with E-state index < -0.39 is 0 Å². The number of hydrogen-bond donors (Lipinski definition) is 0. The lowest BCUT2D eigenvalue weighted by Crippen LogP contribution is -2.15. The number of benzene rings is 9. The summed E-state index contributed by atoms with van der Waals surface area (Å²) in [6, 6.07) is 74.3. The van der Waals surface area contributed by atoms with Gasteiger partial charge in [0.05, 0.1) is 11.4 Å². The fourth-order valence-electron chi connectivity index (χ4n) is 7.34. The van der Waals surface area contributed by atoms with Crippen molar-refractivity contribution in [2.24, 2.45) is 0 Å². The van der Waals surface area contributed by atoms with Crippen LogP contribution in [0.2, 0.25) is 0 Å².